The van der Waals surface area contributed by atoms with Gasteiger partial charge < -0.3 is 0 Å². The van der Waals surface area contributed by atoms with Crippen molar-refractivity contribution in [3.8, 4) is 0 Å². The van der Waals surface area contributed by atoms with Crippen molar-refractivity contribution in [2.45, 2.75) is 32.1 Å². The maximum atomic E-state index is 11.6. The predicted octanol–water partition coefficient (Wildman–Crippen LogP) is 1.58. The van der Waals surface area contributed by atoms with Gasteiger partial charge in [0.15, 0.2) is 0 Å². The summed E-state index contributed by atoms with van der Waals surface area (Å²) in [5.41, 5.74) is 0. The minimum Gasteiger partial charge on any atom is -0.291 e. The molecule has 3 rings (SSSR count). The molecule has 2 heteroatoms. The lowest BCUT2D eigenvalue weighted by atomic mass is 9.72. The van der Waals surface area contributed by atoms with Gasteiger partial charge in [0, 0.05) is 11.8 Å². The van der Waals surface area contributed by atoms with E-state index >= 15 is 0 Å². The van der Waals surface area contributed by atoms with E-state index in [1.807, 2.05) is 0 Å². The van der Waals surface area contributed by atoms with Gasteiger partial charge in [0.25, 0.3) is 0 Å². The van der Waals surface area contributed by atoms with Crippen molar-refractivity contribution in [3.05, 3.63) is 0 Å². The molecule has 0 aromatic carbocycles. The van der Waals surface area contributed by atoms with Gasteiger partial charge in [-0.25, -0.2) is 0 Å². The normalized spacial score (nSPS) is 48.3. The van der Waals surface area contributed by atoms with Gasteiger partial charge in [0.2, 0.25) is 11.6 Å². The highest BCUT2D eigenvalue weighted by molar-refractivity contribution is 6.39. The molecule has 4 unspecified atom stereocenters. The van der Waals surface area contributed by atoms with Gasteiger partial charge in [0.05, 0.1) is 0 Å². The van der Waals surface area contributed by atoms with Crippen LogP contribution in [0.25, 0.3) is 0 Å². The Bertz CT molecular complexity index is 282. The number of hydrogen-bond donors (Lipinski definition) is 0. The molecule has 0 aromatic heterocycles. The SMILES string of the molecule is O=C1C(=O)C2CC3CCC1CC2C3. The fourth-order valence-electron chi connectivity index (χ4n) is 3.60. The second-order valence-electron chi connectivity index (χ2n) is 4.94. The van der Waals surface area contributed by atoms with Crippen LogP contribution < -0.4 is 0 Å². The van der Waals surface area contributed by atoms with Crippen molar-refractivity contribution in [3.63, 3.8) is 0 Å². The van der Waals surface area contributed by atoms with Crippen LogP contribution >= 0.6 is 0 Å². The van der Waals surface area contributed by atoms with Crippen molar-refractivity contribution >= 4 is 11.6 Å². The second kappa shape index (κ2) is 2.43. The summed E-state index contributed by atoms with van der Waals surface area (Å²) in [5.74, 6) is 1.51. The van der Waals surface area contributed by atoms with Gasteiger partial charge in [-0.2, -0.15) is 0 Å². The lowest BCUT2D eigenvalue weighted by molar-refractivity contribution is -0.145. The van der Waals surface area contributed by atoms with E-state index < -0.39 is 0 Å². The average molecular weight is 178 g/mol. The molecule has 3 bridgehead atoms. The van der Waals surface area contributed by atoms with E-state index in [4.69, 9.17) is 0 Å². The van der Waals surface area contributed by atoms with E-state index in [0.717, 1.165) is 25.2 Å². The van der Waals surface area contributed by atoms with Crippen molar-refractivity contribution in [2.24, 2.45) is 23.7 Å². The summed E-state index contributed by atoms with van der Waals surface area (Å²) in [4.78, 5) is 23.2. The second-order valence-corrected chi connectivity index (χ2v) is 4.94. The molecule has 3 saturated carbocycles. The summed E-state index contributed by atoms with van der Waals surface area (Å²) in [6.45, 7) is 0. The Morgan fingerprint density at radius 2 is 1.77 bits per heavy atom. The summed E-state index contributed by atoms with van der Waals surface area (Å²) >= 11 is 0. The first-order chi connectivity index (χ1) is 6.25. The molecule has 70 valence electrons. The summed E-state index contributed by atoms with van der Waals surface area (Å²) in [7, 11) is 0. The number of carbonyl (C=O) groups excluding carboxylic acids is 2. The highest BCUT2D eigenvalue weighted by atomic mass is 16.2. The number of ketones is 2. The Balaban J connectivity index is 2.01. The molecule has 2 nitrogen and oxygen atoms in total. The van der Waals surface area contributed by atoms with Crippen molar-refractivity contribution in [2.75, 3.05) is 0 Å². The molecular formula is C11H14O2. The molecule has 3 fully saturated rings. The number of rotatable bonds is 0. The zero-order chi connectivity index (χ0) is 9.00. The summed E-state index contributed by atoms with van der Waals surface area (Å²) < 4.78 is 0. The Morgan fingerprint density at radius 3 is 2.62 bits per heavy atom. The maximum absolute atomic E-state index is 11.6. The van der Waals surface area contributed by atoms with Crippen LogP contribution in [0.3, 0.4) is 0 Å². The van der Waals surface area contributed by atoms with Crippen LogP contribution in [0.15, 0.2) is 0 Å². The monoisotopic (exact) mass is 178 g/mol. The summed E-state index contributed by atoms with van der Waals surface area (Å²) in [6.07, 6.45) is 5.43. The molecule has 3 aliphatic rings. The highest BCUT2D eigenvalue weighted by Crippen LogP contribution is 2.50. The lowest BCUT2D eigenvalue weighted by Crippen LogP contribution is -2.39. The topological polar surface area (TPSA) is 34.1 Å². The van der Waals surface area contributed by atoms with Gasteiger partial charge in [0.1, 0.15) is 0 Å². The Kier molecular flexibility index (Phi) is 1.44. The Labute approximate surface area is 77.7 Å². The minimum atomic E-state index is -0.0402. The fourth-order valence-corrected chi connectivity index (χ4v) is 3.60. The van der Waals surface area contributed by atoms with Gasteiger partial charge in [-0.15, -0.1) is 0 Å². The molecule has 0 aromatic rings. The molecule has 0 heterocycles. The third-order valence-electron chi connectivity index (χ3n) is 4.25. The van der Waals surface area contributed by atoms with E-state index in [1.165, 1.54) is 12.8 Å². The molecular weight excluding hydrogens is 164 g/mol. The van der Waals surface area contributed by atoms with E-state index in [2.05, 4.69) is 0 Å². The molecule has 0 N–H and O–H groups in total. The number of hydrogen-bond acceptors (Lipinski definition) is 2. The lowest BCUT2D eigenvalue weighted by Gasteiger charge is -2.29. The molecule has 0 aliphatic heterocycles. The molecule has 3 aliphatic carbocycles. The average Bonchev–Trinajstić information content (AvgIpc) is 2.39. The molecule has 0 amide bonds. The molecule has 4 atom stereocenters. The van der Waals surface area contributed by atoms with Crippen LogP contribution in [0.1, 0.15) is 32.1 Å². The summed E-state index contributed by atoms with van der Waals surface area (Å²) in [6, 6.07) is 0. The zero-order valence-corrected chi connectivity index (χ0v) is 7.66. The van der Waals surface area contributed by atoms with Crippen LogP contribution in [-0.4, -0.2) is 11.6 Å². The number of Topliss-reactive ketones (excluding diaryl/α,β-unsaturated/α-hetero) is 2. The first-order valence-electron chi connectivity index (χ1n) is 5.33. The van der Waals surface area contributed by atoms with E-state index in [0.29, 0.717) is 5.92 Å². The number of fused-ring (bicyclic) bond motifs is 2. The van der Waals surface area contributed by atoms with Gasteiger partial charge >= 0.3 is 0 Å². The Morgan fingerprint density at radius 1 is 0.923 bits per heavy atom. The highest BCUT2D eigenvalue weighted by Gasteiger charge is 2.49. The van der Waals surface area contributed by atoms with Crippen LogP contribution in [-0.2, 0) is 9.59 Å². The van der Waals surface area contributed by atoms with Crippen molar-refractivity contribution in [1.29, 1.82) is 0 Å². The van der Waals surface area contributed by atoms with Gasteiger partial charge in [-0.3, -0.25) is 9.59 Å². The van der Waals surface area contributed by atoms with Crippen LogP contribution in [0, 0.1) is 23.7 Å². The van der Waals surface area contributed by atoms with E-state index in [9.17, 15) is 9.59 Å². The van der Waals surface area contributed by atoms with Crippen LogP contribution in [0.5, 0.6) is 0 Å². The summed E-state index contributed by atoms with van der Waals surface area (Å²) in [5, 5.41) is 0. The minimum absolute atomic E-state index is 0.0246. The first-order valence-corrected chi connectivity index (χ1v) is 5.33. The molecule has 0 radical (unpaired) electrons. The van der Waals surface area contributed by atoms with E-state index in [-0.39, 0.29) is 23.4 Å². The predicted molar refractivity (Wildman–Crippen MR) is 47.1 cm³/mol. The molecule has 0 spiro atoms. The maximum Gasteiger partial charge on any atom is 0.202 e. The van der Waals surface area contributed by atoms with Gasteiger partial charge in [-0.05, 0) is 43.9 Å². The zero-order valence-electron chi connectivity index (χ0n) is 7.66. The standard InChI is InChI=1S/C11H14O2/c12-10-7-2-1-6-3-8(5-7)9(4-6)11(10)13/h6-9H,1-5H2. The van der Waals surface area contributed by atoms with Gasteiger partial charge in [-0.1, -0.05) is 0 Å². The largest absolute Gasteiger partial charge is 0.291 e. The van der Waals surface area contributed by atoms with E-state index in [1.54, 1.807) is 0 Å². The Hall–Kier alpha value is -0.660. The third-order valence-corrected chi connectivity index (χ3v) is 4.25. The van der Waals surface area contributed by atoms with Crippen molar-refractivity contribution in [1.82, 2.24) is 0 Å². The van der Waals surface area contributed by atoms with Crippen LogP contribution in [0.4, 0.5) is 0 Å². The third kappa shape index (κ3) is 0.946. The van der Waals surface area contributed by atoms with Crippen molar-refractivity contribution < 1.29 is 9.59 Å². The molecule has 0 saturated heterocycles. The quantitative estimate of drug-likeness (QED) is 0.528. The molecule has 13 heavy (non-hydrogen) atoms. The van der Waals surface area contributed by atoms with Crippen LogP contribution in [0.2, 0.25) is 0 Å². The fraction of sp³-hybridized carbons (Fsp3) is 0.818. The first kappa shape index (κ1) is 7.72. The number of carbonyl (C=O) groups is 2. The smallest absolute Gasteiger partial charge is 0.202 e.